The van der Waals surface area contributed by atoms with Crippen LogP contribution in [0.15, 0.2) is 36.4 Å². The Balaban J connectivity index is 1.71. The van der Waals surface area contributed by atoms with Gasteiger partial charge in [0, 0.05) is 18.2 Å². The standard InChI is InChI=1S/C22H24FNO6/c1-28-15-6-5-14(19(9-15)29-2)12-24-20(26)16-11-22(16,21(27)30-3)10-13-4-7-18(25)17(23)8-13/h4-9,16,25H,10-12H2,1-3H3,(H,24,26)/t16?,22-/m0/s1. The predicted octanol–water partition coefficient (Wildman–Crippen LogP) is 2.59. The topological polar surface area (TPSA) is 94.1 Å². The number of methoxy groups -OCH3 is 3. The van der Waals surface area contributed by atoms with Crippen LogP contribution in [0, 0.1) is 17.2 Å². The van der Waals surface area contributed by atoms with Crippen LogP contribution in [0.25, 0.3) is 0 Å². The summed E-state index contributed by atoms with van der Waals surface area (Å²) in [5, 5.41) is 12.2. The van der Waals surface area contributed by atoms with Crippen LogP contribution >= 0.6 is 0 Å². The highest BCUT2D eigenvalue weighted by atomic mass is 19.1. The minimum Gasteiger partial charge on any atom is -0.505 e. The third kappa shape index (κ3) is 4.17. The normalized spacial score (nSPS) is 19.7. The molecule has 0 bridgehead atoms. The molecule has 1 aliphatic carbocycles. The number of hydrogen-bond acceptors (Lipinski definition) is 6. The number of amides is 1. The van der Waals surface area contributed by atoms with Crippen molar-refractivity contribution < 1.29 is 33.3 Å². The summed E-state index contributed by atoms with van der Waals surface area (Å²) in [5.41, 5.74) is 0.214. The van der Waals surface area contributed by atoms with Gasteiger partial charge in [0.25, 0.3) is 0 Å². The first-order chi connectivity index (χ1) is 14.3. The lowest BCUT2D eigenvalue weighted by atomic mass is 9.93. The van der Waals surface area contributed by atoms with Crippen LogP contribution in [-0.2, 0) is 27.3 Å². The highest BCUT2D eigenvalue weighted by Crippen LogP contribution is 2.56. The molecule has 8 heteroatoms. The maximum Gasteiger partial charge on any atom is 0.312 e. The van der Waals surface area contributed by atoms with E-state index < -0.39 is 28.9 Å². The highest BCUT2D eigenvalue weighted by molar-refractivity contribution is 5.93. The molecule has 0 radical (unpaired) electrons. The van der Waals surface area contributed by atoms with E-state index in [0.29, 0.717) is 23.5 Å². The summed E-state index contributed by atoms with van der Waals surface area (Å²) in [6.07, 6.45) is 0.439. The Hall–Kier alpha value is -3.29. The van der Waals surface area contributed by atoms with Gasteiger partial charge in [-0.3, -0.25) is 9.59 Å². The summed E-state index contributed by atoms with van der Waals surface area (Å²) < 4.78 is 29.1. The molecule has 7 nitrogen and oxygen atoms in total. The second-order valence-electron chi connectivity index (χ2n) is 7.26. The number of nitrogens with one attached hydrogen (secondary N) is 1. The first kappa shape index (κ1) is 21.4. The molecule has 0 aliphatic heterocycles. The Morgan fingerprint density at radius 2 is 1.93 bits per heavy atom. The quantitative estimate of drug-likeness (QED) is 0.642. The Labute approximate surface area is 173 Å². The zero-order chi connectivity index (χ0) is 21.9. The Bertz CT molecular complexity index is 963. The molecule has 2 aromatic rings. The second kappa shape index (κ2) is 8.61. The first-order valence-corrected chi connectivity index (χ1v) is 9.39. The van der Waals surface area contributed by atoms with Gasteiger partial charge in [0.1, 0.15) is 11.5 Å². The third-order valence-electron chi connectivity index (χ3n) is 5.46. The van der Waals surface area contributed by atoms with Crippen LogP contribution in [-0.4, -0.2) is 38.3 Å². The van der Waals surface area contributed by atoms with E-state index in [2.05, 4.69) is 5.32 Å². The van der Waals surface area contributed by atoms with E-state index in [9.17, 15) is 19.1 Å². The van der Waals surface area contributed by atoms with E-state index in [1.807, 2.05) is 0 Å². The van der Waals surface area contributed by atoms with Gasteiger partial charge in [-0.2, -0.15) is 0 Å². The molecular weight excluding hydrogens is 393 g/mol. The van der Waals surface area contributed by atoms with Gasteiger partial charge < -0.3 is 24.6 Å². The van der Waals surface area contributed by atoms with Gasteiger partial charge in [0.05, 0.1) is 32.7 Å². The fourth-order valence-corrected chi connectivity index (χ4v) is 3.67. The summed E-state index contributed by atoms with van der Waals surface area (Å²) >= 11 is 0. The highest BCUT2D eigenvalue weighted by Gasteiger charge is 2.64. The van der Waals surface area contributed by atoms with E-state index in [4.69, 9.17) is 14.2 Å². The van der Waals surface area contributed by atoms with E-state index >= 15 is 0 Å². The van der Waals surface area contributed by atoms with Gasteiger partial charge in [0.2, 0.25) is 5.91 Å². The molecule has 160 valence electrons. The summed E-state index contributed by atoms with van der Waals surface area (Å²) in [4.78, 5) is 25.2. The number of esters is 1. The maximum absolute atomic E-state index is 13.7. The van der Waals surface area contributed by atoms with Crippen LogP contribution in [0.5, 0.6) is 17.2 Å². The number of ether oxygens (including phenoxy) is 3. The van der Waals surface area contributed by atoms with E-state index in [1.54, 1.807) is 25.3 Å². The Morgan fingerprint density at radius 3 is 2.57 bits per heavy atom. The monoisotopic (exact) mass is 417 g/mol. The maximum atomic E-state index is 13.7. The molecule has 2 atom stereocenters. The molecule has 2 aromatic carbocycles. The Morgan fingerprint density at radius 1 is 1.17 bits per heavy atom. The number of phenolic OH excluding ortho intramolecular Hbond substituents is 1. The molecule has 1 amide bonds. The van der Waals surface area contributed by atoms with E-state index in [-0.39, 0.29) is 18.9 Å². The van der Waals surface area contributed by atoms with Crippen molar-refractivity contribution in [3.8, 4) is 17.2 Å². The number of carbonyl (C=O) groups excluding carboxylic acids is 2. The van der Waals surface area contributed by atoms with Crippen molar-refractivity contribution in [1.82, 2.24) is 5.32 Å². The van der Waals surface area contributed by atoms with Crippen LogP contribution in [0.3, 0.4) is 0 Å². The lowest BCUT2D eigenvalue weighted by Gasteiger charge is -2.16. The van der Waals surface area contributed by atoms with Crippen molar-refractivity contribution in [2.24, 2.45) is 11.3 Å². The fraction of sp³-hybridized carbons (Fsp3) is 0.364. The van der Waals surface area contributed by atoms with Crippen molar-refractivity contribution >= 4 is 11.9 Å². The molecule has 0 heterocycles. The molecular formula is C22H24FNO6. The number of rotatable bonds is 8. The van der Waals surface area contributed by atoms with Crippen molar-refractivity contribution in [2.45, 2.75) is 19.4 Å². The zero-order valence-corrected chi connectivity index (χ0v) is 17.0. The number of phenols is 1. The fourth-order valence-electron chi connectivity index (χ4n) is 3.67. The molecule has 0 aromatic heterocycles. The number of hydrogen-bond donors (Lipinski definition) is 2. The van der Waals surface area contributed by atoms with Crippen LogP contribution in [0.1, 0.15) is 17.5 Å². The number of halogens is 1. The van der Waals surface area contributed by atoms with Crippen molar-refractivity contribution in [3.63, 3.8) is 0 Å². The van der Waals surface area contributed by atoms with Gasteiger partial charge in [-0.05, 0) is 42.7 Å². The van der Waals surface area contributed by atoms with Gasteiger partial charge in [-0.25, -0.2) is 4.39 Å². The lowest BCUT2D eigenvalue weighted by molar-refractivity contribution is -0.149. The minimum absolute atomic E-state index is 0.140. The summed E-state index contributed by atoms with van der Waals surface area (Å²) in [6.45, 7) is 0.216. The first-order valence-electron chi connectivity index (χ1n) is 9.39. The molecule has 0 saturated heterocycles. The van der Waals surface area contributed by atoms with Crippen LogP contribution in [0.4, 0.5) is 4.39 Å². The average Bonchev–Trinajstić information content (AvgIpc) is 3.49. The summed E-state index contributed by atoms with van der Waals surface area (Å²) in [5.74, 6) is -1.44. The molecule has 1 unspecified atom stereocenters. The molecule has 0 spiro atoms. The molecule has 1 saturated carbocycles. The summed E-state index contributed by atoms with van der Waals surface area (Å²) in [7, 11) is 4.34. The number of aromatic hydroxyl groups is 1. The van der Waals surface area contributed by atoms with Crippen molar-refractivity contribution in [3.05, 3.63) is 53.3 Å². The zero-order valence-electron chi connectivity index (χ0n) is 17.0. The molecule has 3 rings (SSSR count). The largest absolute Gasteiger partial charge is 0.505 e. The van der Waals surface area contributed by atoms with E-state index in [1.165, 1.54) is 26.4 Å². The number of carbonyl (C=O) groups is 2. The molecule has 30 heavy (non-hydrogen) atoms. The van der Waals surface area contributed by atoms with Gasteiger partial charge in [-0.1, -0.05) is 6.07 Å². The smallest absolute Gasteiger partial charge is 0.312 e. The molecule has 2 N–H and O–H groups in total. The van der Waals surface area contributed by atoms with Gasteiger partial charge in [-0.15, -0.1) is 0 Å². The number of benzene rings is 2. The van der Waals surface area contributed by atoms with E-state index in [0.717, 1.165) is 11.6 Å². The molecule has 1 fully saturated rings. The lowest BCUT2D eigenvalue weighted by Crippen LogP contribution is -2.31. The van der Waals surface area contributed by atoms with Crippen LogP contribution in [0.2, 0.25) is 0 Å². The predicted molar refractivity (Wildman–Crippen MR) is 106 cm³/mol. The average molecular weight is 417 g/mol. The third-order valence-corrected chi connectivity index (χ3v) is 5.46. The van der Waals surface area contributed by atoms with Gasteiger partial charge >= 0.3 is 5.97 Å². The molecule has 1 aliphatic rings. The van der Waals surface area contributed by atoms with Crippen molar-refractivity contribution in [1.29, 1.82) is 0 Å². The Kier molecular flexibility index (Phi) is 6.14. The minimum atomic E-state index is -1.05. The summed E-state index contributed by atoms with van der Waals surface area (Å²) in [6, 6.07) is 9.19. The van der Waals surface area contributed by atoms with Crippen molar-refractivity contribution in [2.75, 3.05) is 21.3 Å². The SMILES string of the molecule is COC(=O)[C@@]1(Cc2ccc(O)c(F)c2)CC1C(=O)NCc1ccc(OC)cc1OC. The van der Waals surface area contributed by atoms with Gasteiger partial charge in [0.15, 0.2) is 11.6 Å². The second-order valence-corrected chi connectivity index (χ2v) is 7.26. The van der Waals surface area contributed by atoms with Crippen LogP contribution < -0.4 is 14.8 Å².